The number of halogens is 3. The molecule has 2 rings (SSSR count). The van der Waals surface area contributed by atoms with Gasteiger partial charge in [-0.1, -0.05) is 30.4 Å². The predicted octanol–water partition coefficient (Wildman–Crippen LogP) is 3.12. The SMILES string of the molecule is O=C(CCCC=CC[C@@H]1[C@@H](C=C[C@@H](O)COc2cccc(C(F)(F)F)c2)[C@H](O)C[C@@H]1O)NCC(=O)OCCCCO[N+](=O)[O-]. The van der Waals surface area contributed by atoms with Crippen LogP contribution in [0.4, 0.5) is 13.2 Å². The molecular weight excluding hydrogens is 593 g/mol. The molecule has 1 aliphatic rings. The molecule has 0 spiro atoms. The Morgan fingerprint density at radius 1 is 1.14 bits per heavy atom. The van der Waals surface area contributed by atoms with E-state index in [9.17, 15) is 48.2 Å². The fourth-order valence-corrected chi connectivity index (χ4v) is 4.55. The lowest BCUT2D eigenvalue weighted by molar-refractivity contribution is -0.757. The maximum Gasteiger partial charge on any atom is 0.416 e. The van der Waals surface area contributed by atoms with Gasteiger partial charge in [0.15, 0.2) is 0 Å². The minimum atomic E-state index is -4.52. The molecule has 0 aliphatic heterocycles. The van der Waals surface area contributed by atoms with Gasteiger partial charge in [-0.05, 0) is 56.2 Å². The number of carbonyl (C=O) groups excluding carboxylic acids is 2. The minimum absolute atomic E-state index is 0.0426. The molecule has 1 aliphatic carbocycles. The van der Waals surface area contributed by atoms with Gasteiger partial charge in [0.2, 0.25) is 5.91 Å². The first kappa shape index (κ1) is 36.5. The predicted molar refractivity (Wildman–Crippen MR) is 149 cm³/mol. The number of rotatable bonds is 19. The van der Waals surface area contributed by atoms with Gasteiger partial charge in [-0.2, -0.15) is 13.2 Å². The third kappa shape index (κ3) is 14.2. The second kappa shape index (κ2) is 18.9. The fourth-order valence-electron chi connectivity index (χ4n) is 4.55. The Morgan fingerprint density at radius 2 is 1.89 bits per heavy atom. The van der Waals surface area contributed by atoms with Crippen molar-refractivity contribution in [1.29, 1.82) is 0 Å². The van der Waals surface area contributed by atoms with E-state index in [0.717, 1.165) is 12.1 Å². The maximum absolute atomic E-state index is 12.9. The van der Waals surface area contributed by atoms with Crippen molar-refractivity contribution in [3.8, 4) is 5.75 Å². The zero-order valence-electron chi connectivity index (χ0n) is 24.1. The van der Waals surface area contributed by atoms with Crippen LogP contribution in [0.5, 0.6) is 5.75 Å². The zero-order valence-corrected chi connectivity index (χ0v) is 24.1. The van der Waals surface area contributed by atoms with Crippen LogP contribution in [-0.4, -0.2) is 77.0 Å². The smallest absolute Gasteiger partial charge is 0.416 e. The summed E-state index contributed by atoms with van der Waals surface area (Å²) in [5.74, 6) is -1.78. The van der Waals surface area contributed by atoms with Gasteiger partial charge in [0, 0.05) is 18.8 Å². The van der Waals surface area contributed by atoms with Crippen LogP contribution in [0.2, 0.25) is 0 Å². The van der Waals surface area contributed by atoms with Gasteiger partial charge in [0.1, 0.15) is 25.0 Å². The molecule has 1 saturated carbocycles. The molecule has 1 aromatic carbocycles. The molecule has 0 heterocycles. The van der Waals surface area contributed by atoms with Crippen LogP contribution < -0.4 is 10.1 Å². The maximum atomic E-state index is 12.9. The summed E-state index contributed by atoms with van der Waals surface area (Å²) in [4.78, 5) is 37.7. The summed E-state index contributed by atoms with van der Waals surface area (Å²) in [6, 6.07) is 4.31. The third-order valence-corrected chi connectivity index (χ3v) is 6.83. The number of aliphatic hydroxyl groups is 3. The number of hydrogen-bond acceptors (Lipinski definition) is 10. The van der Waals surface area contributed by atoms with Crippen molar-refractivity contribution < 1.29 is 57.5 Å². The number of alkyl halides is 3. The Hall–Kier alpha value is -3.69. The third-order valence-electron chi connectivity index (χ3n) is 6.83. The molecule has 15 heteroatoms. The van der Waals surface area contributed by atoms with Crippen molar-refractivity contribution >= 4 is 11.9 Å². The number of benzene rings is 1. The molecule has 4 N–H and O–H groups in total. The van der Waals surface area contributed by atoms with Crippen LogP contribution in [0.3, 0.4) is 0 Å². The number of unbranched alkanes of at least 4 members (excludes halogenated alkanes) is 2. The summed E-state index contributed by atoms with van der Waals surface area (Å²) in [6.45, 7) is -0.620. The van der Waals surface area contributed by atoms with Crippen molar-refractivity contribution in [2.75, 3.05) is 26.4 Å². The molecule has 1 fully saturated rings. The number of nitrogens with zero attached hydrogens (tertiary/aromatic N) is 1. The Balaban J connectivity index is 1.66. The monoisotopic (exact) mass is 632 g/mol. The lowest BCUT2D eigenvalue weighted by Gasteiger charge is -2.19. The van der Waals surface area contributed by atoms with Crippen molar-refractivity contribution in [3.05, 3.63) is 64.2 Å². The number of carbonyl (C=O) groups is 2. The summed E-state index contributed by atoms with van der Waals surface area (Å²) < 4.78 is 48.8. The number of aliphatic hydroxyl groups excluding tert-OH is 3. The highest BCUT2D eigenvalue weighted by atomic mass is 19.4. The number of esters is 1. The van der Waals surface area contributed by atoms with Crippen LogP contribution in [-0.2, 0) is 25.3 Å². The Bertz CT molecular complexity index is 1120. The zero-order chi connectivity index (χ0) is 32.5. The first-order valence-corrected chi connectivity index (χ1v) is 14.2. The normalized spacial score (nSPS) is 21.0. The number of hydrogen-bond donors (Lipinski definition) is 4. The van der Waals surface area contributed by atoms with E-state index < -0.39 is 47.0 Å². The number of nitrogens with one attached hydrogen (secondary N) is 1. The second-order valence-corrected chi connectivity index (χ2v) is 10.3. The quantitative estimate of drug-likeness (QED) is 0.0583. The Labute approximate surface area is 252 Å². The second-order valence-electron chi connectivity index (χ2n) is 10.3. The fraction of sp³-hybridized carbons (Fsp3) is 0.586. The van der Waals surface area contributed by atoms with Crippen LogP contribution in [0.15, 0.2) is 48.6 Å². The average molecular weight is 633 g/mol. The molecule has 1 aromatic rings. The lowest BCUT2D eigenvalue weighted by Crippen LogP contribution is -2.30. The van der Waals surface area contributed by atoms with Crippen molar-refractivity contribution in [2.24, 2.45) is 11.8 Å². The minimum Gasteiger partial charge on any atom is -0.491 e. The van der Waals surface area contributed by atoms with Gasteiger partial charge in [-0.25, -0.2) is 0 Å². The van der Waals surface area contributed by atoms with Crippen LogP contribution in [0.1, 0.15) is 50.5 Å². The first-order valence-electron chi connectivity index (χ1n) is 14.2. The van der Waals surface area contributed by atoms with E-state index in [1.54, 1.807) is 6.08 Å². The lowest BCUT2D eigenvalue weighted by atomic mass is 9.89. The largest absolute Gasteiger partial charge is 0.491 e. The molecule has 246 valence electrons. The van der Waals surface area contributed by atoms with E-state index in [-0.39, 0.29) is 56.8 Å². The van der Waals surface area contributed by atoms with Crippen molar-refractivity contribution in [2.45, 2.75) is 69.4 Å². The molecule has 5 atom stereocenters. The highest BCUT2D eigenvalue weighted by Crippen LogP contribution is 2.36. The molecule has 0 radical (unpaired) electrons. The van der Waals surface area contributed by atoms with E-state index in [2.05, 4.69) is 10.2 Å². The average Bonchev–Trinajstić information content (AvgIpc) is 3.24. The number of allylic oxidation sites excluding steroid dienone is 2. The molecule has 0 aromatic heterocycles. The molecule has 0 bridgehead atoms. The molecule has 0 saturated heterocycles. The van der Waals surface area contributed by atoms with Crippen LogP contribution in [0.25, 0.3) is 0 Å². The number of ether oxygens (including phenoxy) is 2. The Kier molecular flexibility index (Phi) is 15.6. The van der Waals surface area contributed by atoms with Gasteiger partial charge in [0.05, 0.1) is 31.0 Å². The number of amides is 1. The van der Waals surface area contributed by atoms with E-state index in [1.807, 2.05) is 12.2 Å². The molecule has 1 amide bonds. The van der Waals surface area contributed by atoms with Gasteiger partial charge >= 0.3 is 12.1 Å². The van der Waals surface area contributed by atoms with E-state index in [1.165, 1.54) is 18.2 Å². The Morgan fingerprint density at radius 3 is 2.61 bits per heavy atom. The molecular formula is C29H39F3N2O10. The van der Waals surface area contributed by atoms with E-state index in [4.69, 9.17) is 9.47 Å². The van der Waals surface area contributed by atoms with Gasteiger partial charge in [0.25, 0.3) is 5.09 Å². The van der Waals surface area contributed by atoms with E-state index >= 15 is 0 Å². The van der Waals surface area contributed by atoms with E-state index in [0.29, 0.717) is 32.1 Å². The van der Waals surface area contributed by atoms with Gasteiger partial charge in [-0.15, -0.1) is 10.1 Å². The summed E-state index contributed by atoms with van der Waals surface area (Å²) in [7, 11) is 0. The summed E-state index contributed by atoms with van der Waals surface area (Å²) in [5.41, 5.74) is -0.866. The summed E-state index contributed by atoms with van der Waals surface area (Å²) >= 11 is 0. The van der Waals surface area contributed by atoms with Crippen LogP contribution in [0, 0.1) is 22.0 Å². The van der Waals surface area contributed by atoms with Crippen molar-refractivity contribution in [3.63, 3.8) is 0 Å². The van der Waals surface area contributed by atoms with Gasteiger partial charge < -0.3 is 34.9 Å². The molecule has 0 unspecified atom stereocenters. The highest BCUT2D eigenvalue weighted by Gasteiger charge is 2.39. The molecule has 12 nitrogen and oxygen atoms in total. The highest BCUT2D eigenvalue weighted by molar-refractivity contribution is 5.81. The summed E-state index contributed by atoms with van der Waals surface area (Å²) in [6.07, 6.45) is 1.93. The first-order chi connectivity index (χ1) is 20.9. The van der Waals surface area contributed by atoms with Gasteiger partial charge in [-0.3, -0.25) is 9.59 Å². The summed E-state index contributed by atoms with van der Waals surface area (Å²) in [5, 5.41) is 42.6. The molecule has 44 heavy (non-hydrogen) atoms. The topological polar surface area (TPSA) is 178 Å². The standard InChI is InChI=1S/C29H39F3N2O10/c30-29(31,32)20-8-7-9-22(16-20)43-19-21(35)12-13-24-23(25(36)17-26(24)37)10-3-1-2-4-11-27(38)33-18-28(39)42-14-5-6-15-44-34(40)41/h1,3,7-9,12-13,16,21,23-26,35-37H,2,4-6,10-11,14-15,17-19H2,(H,33,38)/t21-,23-,24-,25+,26-/m1/s1. The van der Waals surface area contributed by atoms with Crippen molar-refractivity contribution in [1.82, 2.24) is 5.32 Å². The van der Waals surface area contributed by atoms with Crippen LogP contribution >= 0.6 is 0 Å².